The molecule has 3 rings (SSSR count). The van der Waals surface area contributed by atoms with Gasteiger partial charge in [-0.2, -0.15) is 0 Å². The van der Waals surface area contributed by atoms with Crippen LogP contribution in [0.25, 0.3) is 0 Å². The summed E-state index contributed by atoms with van der Waals surface area (Å²) in [6.45, 7) is 36.7. The molecule has 0 fully saturated rings. The summed E-state index contributed by atoms with van der Waals surface area (Å²) in [5.41, 5.74) is 9.25. The minimum Gasteiger partial charge on any atom is -1.00 e. The molecule has 5 heteroatoms. The Morgan fingerprint density at radius 3 is 1.18 bits per heavy atom. The molecule has 0 N–H and O–H groups in total. The third kappa shape index (κ3) is 7.62. The van der Waals surface area contributed by atoms with Crippen LogP contribution in [0.2, 0.25) is 60.7 Å². The van der Waals surface area contributed by atoms with Crippen LogP contribution in [0.4, 0.5) is 0 Å². The van der Waals surface area contributed by atoms with Crippen LogP contribution in [-0.4, -0.2) is 16.1 Å². The standard InChI is InChI=1S/2C12H19Si.C10H15.2ClH.Zr/c2*1-11(10-13(2,3)4)9-12-7-5-6-8-12;1-6-7(2)9(4)10(5)8(6)3;;;/h2*5-8H,1,9-10H2,2-4H3;1-5H3;2*1H;/q;;;;;+2/p-2. The molecule has 0 saturated carbocycles. The minimum atomic E-state index is -2.65. The zero-order valence-electron chi connectivity index (χ0n) is 26.6. The van der Waals surface area contributed by atoms with Gasteiger partial charge in [0.1, 0.15) is 0 Å². The molecular formula is C34H53Cl2Si2Zr. The van der Waals surface area contributed by atoms with Crippen LogP contribution in [-0.2, 0) is 21.8 Å². The molecule has 0 bridgehead atoms. The molecule has 0 radical (unpaired) electrons. The van der Waals surface area contributed by atoms with Gasteiger partial charge in [-0.15, -0.1) is 0 Å². The Balaban J connectivity index is 0.00000380. The van der Waals surface area contributed by atoms with E-state index >= 15 is 0 Å². The number of rotatable bonds is 11. The Morgan fingerprint density at radius 2 is 0.923 bits per heavy atom. The largest absolute Gasteiger partial charge is 1.00 e. The predicted octanol–water partition coefficient (Wildman–Crippen LogP) is 5.62. The topological polar surface area (TPSA) is 0 Å². The number of halogens is 2. The third-order valence-corrected chi connectivity index (χ3v) is 23.6. The predicted molar refractivity (Wildman–Crippen MR) is 171 cm³/mol. The smallest absolute Gasteiger partial charge is 1.00 e. The van der Waals surface area contributed by atoms with E-state index in [1.807, 2.05) is 0 Å². The van der Waals surface area contributed by atoms with Crippen molar-refractivity contribution >= 4 is 16.1 Å². The first-order valence-electron chi connectivity index (χ1n) is 14.2. The van der Waals surface area contributed by atoms with Gasteiger partial charge >= 0.3 is 241 Å². The molecule has 0 aromatic heterocycles. The molecule has 3 aliphatic carbocycles. The molecule has 0 unspecified atom stereocenters. The Labute approximate surface area is 264 Å². The Hall–Kier alpha value is -0.183. The van der Waals surface area contributed by atoms with Crippen LogP contribution in [0.1, 0.15) is 47.5 Å². The molecule has 39 heavy (non-hydrogen) atoms. The van der Waals surface area contributed by atoms with Crippen LogP contribution in [0.3, 0.4) is 0 Å². The normalized spacial score (nSPS) is 20.4. The van der Waals surface area contributed by atoms with Crippen molar-refractivity contribution in [3.8, 4) is 0 Å². The Kier molecular flexibility index (Phi) is 12.3. The van der Waals surface area contributed by atoms with Crippen molar-refractivity contribution in [2.24, 2.45) is 0 Å². The maximum Gasteiger partial charge on any atom is -1.00 e. The van der Waals surface area contributed by atoms with Gasteiger partial charge in [0.05, 0.1) is 0 Å². The molecule has 0 atom stereocenters. The number of allylic oxidation sites excluding steroid dienone is 14. The Morgan fingerprint density at radius 1 is 0.641 bits per heavy atom. The molecular weight excluding hydrogens is 627 g/mol. The van der Waals surface area contributed by atoms with E-state index in [-0.39, 0.29) is 34.2 Å². The summed E-state index contributed by atoms with van der Waals surface area (Å²) in [5.74, 6) is 0. The zero-order valence-corrected chi connectivity index (χ0v) is 32.6. The van der Waals surface area contributed by atoms with Crippen molar-refractivity contribution in [2.75, 3.05) is 0 Å². The van der Waals surface area contributed by atoms with E-state index in [2.05, 4.69) is 123 Å². The Bertz CT molecular complexity index is 1040. The summed E-state index contributed by atoms with van der Waals surface area (Å²) in [5, 5.41) is 0. The van der Waals surface area contributed by atoms with Crippen LogP contribution >= 0.6 is 0 Å². The van der Waals surface area contributed by atoms with E-state index in [4.69, 9.17) is 13.2 Å². The maximum atomic E-state index is 4.73. The first-order chi connectivity index (χ1) is 16.9. The van der Waals surface area contributed by atoms with Crippen molar-refractivity contribution in [2.45, 2.75) is 108 Å². The molecule has 0 saturated heterocycles. The van der Waals surface area contributed by atoms with Gasteiger partial charge in [-0.25, -0.2) is 0 Å². The number of hydrogen-bond donors (Lipinski definition) is 0. The SMILES string of the molecule is C=C(C[C]1([Zr+2]([C]2(CC(=C)C[Si](C)(C)C)C=CC=C2)[C]2(C)C(C)=C(C)C(C)=C2C)C=CC=C1)C[Si](C)(C)C.[Cl-].[Cl-]. The van der Waals surface area contributed by atoms with Gasteiger partial charge in [0.15, 0.2) is 0 Å². The summed E-state index contributed by atoms with van der Waals surface area (Å²) in [6.07, 6.45) is 22.1. The van der Waals surface area contributed by atoms with E-state index in [0.717, 1.165) is 12.8 Å². The zero-order chi connectivity index (χ0) is 28.0. The molecule has 0 aromatic rings. The van der Waals surface area contributed by atoms with Crippen molar-refractivity contribution < 1.29 is 46.6 Å². The first-order valence-corrected chi connectivity index (χ1v) is 25.3. The van der Waals surface area contributed by atoms with Crippen molar-refractivity contribution in [3.63, 3.8) is 0 Å². The third-order valence-electron chi connectivity index (χ3n) is 9.06. The quantitative estimate of drug-likeness (QED) is 0.197. The summed E-state index contributed by atoms with van der Waals surface area (Å²) in [4.78, 5) is 0. The molecule has 0 aliphatic heterocycles. The van der Waals surface area contributed by atoms with E-state index < -0.39 is 37.9 Å². The fourth-order valence-electron chi connectivity index (χ4n) is 7.55. The minimum absolute atomic E-state index is 0. The summed E-state index contributed by atoms with van der Waals surface area (Å²) in [6, 6.07) is 2.43. The second-order valence-corrected chi connectivity index (χ2v) is 34.7. The van der Waals surface area contributed by atoms with Crippen molar-refractivity contribution in [3.05, 3.63) is 95.2 Å². The average Bonchev–Trinajstić information content (AvgIpc) is 3.41. The first kappa shape index (κ1) is 36.8. The second kappa shape index (κ2) is 13.0. The van der Waals surface area contributed by atoms with Gasteiger partial charge < -0.3 is 24.8 Å². The van der Waals surface area contributed by atoms with Gasteiger partial charge in [-0.05, 0) is 0 Å². The van der Waals surface area contributed by atoms with E-state index in [1.165, 1.54) is 34.4 Å². The van der Waals surface area contributed by atoms with E-state index in [9.17, 15) is 0 Å². The van der Waals surface area contributed by atoms with Gasteiger partial charge in [0.25, 0.3) is 0 Å². The van der Waals surface area contributed by atoms with Gasteiger partial charge in [-0.3, -0.25) is 0 Å². The van der Waals surface area contributed by atoms with Gasteiger partial charge in [0, 0.05) is 0 Å². The summed E-state index contributed by atoms with van der Waals surface area (Å²) >= 11 is -2.65. The van der Waals surface area contributed by atoms with Crippen LogP contribution in [0.15, 0.2) is 95.2 Å². The fourth-order valence-corrected chi connectivity index (χ4v) is 25.0. The second-order valence-electron chi connectivity index (χ2n) is 14.8. The van der Waals surface area contributed by atoms with Crippen LogP contribution in [0.5, 0.6) is 0 Å². The van der Waals surface area contributed by atoms with Crippen LogP contribution < -0.4 is 24.8 Å². The van der Waals surface area contributed by atoms with Crippen molar-refractivity contribution in [1.82, 2.24) is 0 Å². The van der Waals surface area contributed by atoms with Crippen molar-refractivity contribution in [1.29, 1.82) is 0 Å². The maximum absolute atomic E-state index is 4.73. The molecule has 215 valence electrons. The van der Waals surface area contributed by atoms with E-state index in [0.29, 0.717) is 0 Å². The van der Waals surface area contributed by atoms with Crippen LogP contribution in [0, 0.1) is 0 Å². The molecule has 0 spiro atoms. The molecule has 3 aliphatic rings. The molecule has 0 nitrogen and oxygen atoms in total. The fraction of sp³-hybridized carbons (Fsp3) is 0.529. The molecule has 0 heterocycles. The monoisotopic (exact) mass is 677 g/mol. The summed E-state index contributed by atoms with van der Waals surface area (Å²) < 4.78 is 0.368. The van der Waals surface area contributed by atoms with Gasteiger partial charge in [0.2, 0.25) is 0 Å². The average molecular weight is 680 g/mol. The molecule has 0 amide bonds. The summed E-state index contributed by atoms with van der Waals surface area (Å²) in [7, 11) is -2.49. The number of hydrogen-bond acceptors (Lipinski definition) is 0. The molecule has 0 aromatic carbocycles. The van der Waals surface area contributed by atoms with Gasteiger partial charge in [-0.1, -0.05) is 0 Å². The van der Waals surface area contributed by atoms with E-state index in [1.54, 1.807) is 11.1 Å².